The summed E-state index contributed by atoms with van der Waals surface area (Å²) in [6.07, 6.45) is 1.29. The number of ether oxygens (including phenoxy) is 1. The molecule has 0 radical (unpaired) electrons. The number of nitrogens with one attached hydrogen (secondary N) is 1. The van der Waals surface area contributed by atoms with Crippen LogP contribution in [0.1, 0.15) is 49.0 Å². The Morgan fingerprint density at radius 3 is 2.40 bits per heavy atom. The largest absolute Gasteiger partial charge is 0.455 e. The third-order valence-electron chi connectivity index (χ3n) is 6.80. The van der Waals surface area contributed by atoms with Crippen LogP contribution in [0.2, 0.25) is 0 Å². The molecule has 1 aliphatic heterocycles. The van der Waals surface area contributed by atoms with E-state index < -0.39 is 45.4 Å². The number of likely N-dealkylation sites (tertiary alicyclic amines) is 1. The van der Waals surface area contributed by atoms with Crippen molar-refractivity contribution in [3.05, 3.63) is 53.3 Å². The van der Waals surface area contributed by atoms with Crippen molar-refractivity contribution >= 4 is 45.0 Å². The van der Waals surface area contributed by atoms with Gasteiger partial charge >= 0.3 is 6.09 Å². The summed E-state index contributed by atoms with van der Waals surface area (Å²) in [5.74, 6) is -1.19. The van der Waals surface area contributed by atoms with Crippen molar-refractivity contribution in [3.8, 4) is 11.3 Å². The first-order valence-electron chi connectivity index (χ1n) is 12.6. The van der Waals surface area contributed by atoms with Gasteiger partial charge in [-0.3, -0.25) is 14.0 Å². The number of aldehydes is 1. The topological polar surface area (TPSA) is 126 Å². The number of sulfonamides is 1. The second-order valence-electron chi connectivity index (χ2n) is 10.8. The lowest BCUT2D eigenvalue weighted by Crippen LogP contribution is -2.40. The highest BCUT2D eigenvalue weighted by atomic mass is 32.2. The third kappa shape index (κ3) is 5.67. The van der Waals surface area contributed by atoms with E-state index in [4.69, 9.17) is 9.15 Å². The second-order valence-corrected chi connectivity index (χ2v) is 12.8. The summed E-state index contributed by atoms with van der Waals surface area (Å²) in [5, 5.41) is 3.00. The smallest absolute Gasteiger partial charge is 0.410 e. The van der Waals surface area contributed by atoms with Gasteiger partial charge in [-0.25, -0.2) is 17.6 Å². The van der Waals surface area contributed by atoms with Crippen molar-refractivity contribution in [1.29, 1.82) is 0 Å². The molecule has 1 aromatic heterocycles. The molecule has 0 saturated carbocycles. The molecule has 1 fully saturated rings. The first-order valence-corrected chi connectivity index (χ1v) is 14.5. The van der Waals surface area contributed by atoms with Crippen molar-refractivity contribution in [2.75, 3.05) is 31.2 Å². The van der Waals surface area contributed by atoms with Crippen LogP contribution in [-0.4, -0.2) is 70.1 Å². The molecule has 3 aromatic rings. The molecule has 2 atom stereocenters. The number of fused-ring (bicyclic) bond motifs is 1. The molecular formula is C28H32FN3O7S. The zero-order chi connectivity index (χ0) is 29.6. The van der Waals surface area contributed by atoms with Crippen molar-refractivity contribution in [3.63, 3.8) is 0 Å². The lowest BCUT2D eigenvalue weighted by molar-refractivity contribution is -0.111. The van der Waals surface area contributed by atoms with Crippen LogP contribution in [0.3, 0.4) is 0 Å². The molecule has 0 aliphatic carbocycles. The Hall–Kier alpha value is -3.93. The van der Waals surface area contributed by atoms with E-state index in [0.717, 1.165) is 10.6 Å². The lowest BCUT2D eigenvalue weighted by Gasteiger charge is -2.27. The molecule has 40 heavy (non-hydrogen) atoms. The summed E-state index contributed by atoms with van der Waals surface area (Å²) in [7, 11) is -0.880. The van der Waals surface area contributed by atoms with Crippen LogP contribution < -0.4 is 9.62 Å². The van der Waals surface area contributed by atoms with E-state index in [-0.39, 0.29) is 35.6 Å². The van der Waals surface area contributed by atoms with Crippen LogP contribution in [0, 0.1) is 5.82 Å². The van der Waals surface area contributed by atoms with Gasteiger partial charge in [0.05, 0.1) is 23.5 Å². The Morgan fingerprint density at radius 2 is 1.85 bits per heavy atom. The number of benzene rings is 2. The zero-order valence-corrected chi connectivity index (χ0v) is 24.0. The average molecular weight is 574 g/mol. The summed E-state index contributed by atoms with van der Waals surface area (Å²) < 4.78 is 51.5. The zero-order valence-electron chi connectivity index (χ0n) is 23.1. The van der Waals surface area contributed by atoms with Gasteiger partial charge in [0, 0.05) is 43.6 Å². The van der Waals surface area contributed by atoms with E-state index in [2.05, 4.69) is 5.32 Å². The Bertz CT molecular complexity index is 1580. The van der Waals surface area contributed by atoms with Gasteiger partial charge in [0.2, 0.25) is 10.0 Å². The first kappa shape index (κ1) is 29.1. The van der Waals surface area contributed by atoms with E-state index in [1.807, 2.05) is 0 Å². The monoisotopic (exact) mass is 573 g/mol. The number of nitrogens with zero attached hydrogens (tertiary/aromatic N) is 2. The molecule has 1 saturated heterocycles. The summed E-state index contributed by atoms with van der Waals surface area (Å²) in [5.41, 5.74) is 0.885. The molecule has 2 aromatic carbocycles. The average Bonchev–Trinajstić information content (AvgIpc) is 3.47. The van der Waals surface area contributed by atoms with Gasteiger partial charge in [0.1, 0.15) is 29.0 Å². The molecule has 12 heteroatoms. The van der Waals surface area contributed by atoms with Crippen LogP contribution in [-0.2, 0) is 19.6 Å². The maximum atomic E-state index is 13.6. The third-order valence-corrected chi connectivity index (χ3v) is 7.99. The van der Waals surface area contributed by atoms with Gasteiger partial charge in [-0.15, -0.1) is 0 Å². The second kappa shape index (κ2) is 10.6. The Kier molecular flexibility index (Phi) is 7.68. The van der Waals surface area contributed by atoms with Gasteiger partial charge in [-0.1, -0.05) is 0 Å². The molecule has 0 bridgehead atoms. The highest BCUT2D eigenvalue weighted by Gasteiger charge is 2.40. The minimum Gasteiger partial charge on any atom is -0.455 e. The Balaban J connectivity index is 1.92. The normalized spacial score (nSPS) is 17.6. The van der Waals surface area contributed by atoms with E-state index in [9.17, 15) is 27.2 Å². The summed E-state index contributed by atoms with van der Waals surface area (Å²) in [6.45, 7) is 5.25. The maximum absolute atomic E-state index is 13.6. The predicted octanol–water partition coefficient (Wildman–Crippen LogP) is 4.29. The number of hydrogen-bond acceptors (Lipinski definition) is 7. The van der Waals surface area contributed by atoms with Gasteiger partial charge < -0.3 is 19.3 Å². The minimum atomic E-state index is -3.73. The van der Waals surface area contributed by atoms with Crippen molar-refractivity contribution in [2.45, 2.75) is 44.8 Å². The van der Waals surface area contributed by atoms with Gasteiger partial charge in [0.15, 0.2) is 0 Å². The van der Waals surface area contributed by atoms with E-state index in [0.29, 0.717) is 22.8 Å². The Labute approximate surface area is 232 Å². The molecule has 2 heterocycles. The molecule has 1 N–H and O–H groups in total. The van der Waals surface area contributed by atoms with Gasteiger partial charge in [-0.2, -0.15) is 0 Å². The van der Waals surface area contributed by atoms with Gasteiger partial charge in [0.25, 0.3) is 5.91 Å². The van der Waals surface area contributed by atoms with Crippen molar-refractivity contribution in [2.24, 2.45) is 0 Å². The van der Waals surface area contributed by atoms with Crippen LogP contribution in [0.25, 0.3) is 22.3 Å². The molecule has 1 aliphatic rings. The van der Waals surface area contributed by atoms with E-state index in [1.54, 1.807) is 26.8 Å². The quantitative estimate of drug-likeness (QED) is 0.436. The molecule has 10 nitrogen and oxygen atoms in total. The lowest BCUT2D eigenvalue weighted by atomic mass is 9.92. The van der Waals surface area contributed by atoms with Crippen molar-refractivity contribution < 1.29 is 36.3 Å². The number of hydrogen-bond donors (Lipinski definition) is 1. The SMILES string of the molecule is CNC(=O)c1c(-c2ccc(F)cc2)oc2cc(N(C)S(C)(=O)=O)c(C3CC(C=O)N(C(=O)OC(C)(C)C)C3)cc12. The number of furan rings is 1. The van der Waals surface area contributed by atoms with Crippen molar-refractivity contribution in [1.82, 2.24) is 10.2 Å². The number of amides is 2. The van der Waals surface area contributed by atoms with Crippen LogP contribution in [0.5, 0.6) is 0 Å². The fourth-order valence-electron chi connectivity index (χ4n) is 4.83. The predicted molar refractivity (Wildman–Crippen MR) is 148 cm³/mol. The molecule has 0 spiro atoms. The highest BCUT2D eigenvalue weighted by Crippen LogP contribution is 2.43. The Morgan fingerprint density at radius 1 is 1.20 bits per heavy atom. The maximum Gasteiger partial charge on any atom is 0.410 e. The first-order chi connectivity index (χ1) is 18.6. The minimum absolute atomic E-state index is 0.0897. The number of carbonyl (C=O) groups is 3. The number of carbonyl (C=O) groups excluding carboxylic acids is 3. The fourth-order valence-corrected chi connectivity index (χ4v) is 5.35. The number of anilines is 1. The van der Waals surface area contributed by atoms with Crippen LogP contribution in [0.4, 0.5) is 14.9 Å². The summed E-state index contributed by atoms with van der Waals surface area (Å²) in [6, 6.07) is 7.85. The van der Waals surface area contributed by atoms with E-state index >= 15 is 0 Å². The summed E-state index contributed by atoms with van der Waals surface area (Å²) >= 11 is 0. The van der Waals surface area contributed by atoms with E-state index in [1.165, 1.54) is 49.3 Å². The molecule has 4 rings (SSSR count). The van der Waals surface area contributed by atoms with Crippen LogP contribution >= 0.6 is 0 Å². The molecule has 214 valence electrons. The van der Waals surface area contributed by atoms with Crippen LogP contribution in [0.15, 0.2) is 40.8 Å². The molecular weight excluding hydrogens is 541 g/mol. The molecule has 2 unspecified atom stereocenters. The number of rotatable bonds is 6. The highest BCUT2D eigenvalue weighted by molar-refractivity contribution is 7.92. The fraction of sp³-hybridized carbons (Fsp3) is 0.393. The summed E-state index contributed by atoms with van der Waals surface area (Å²) in [4.78, 5) is 39.3. The standard InChI is InChI=1S/C28H32FN3O7S/c1-28(2,3)39-27(35)32-14-17(11-19(32)15-33)20-12-21-23(13-22(20)31(5)40(6,36)37)38-25(24(21)26(34)30-4)16-7-9-18(29)10-8-16/h7-10,12-13,15,17,19H,11,14H2,1-6H3,(H,30,34). The number of halogens is 1. The molecule has 2 amide bonds. The van der Waals surface area contributed by atoms with Gasteiger partial charge in [-0.05, 0) is 63.1 Å².